The van der Waals surface area contributed by atoms with Crippen LogP contribution in [0.3, 0.4) is 0 Å². The number of carbonyl (C=O) groups excluding carboxylic acids is 1. The molecule has 1 aliphatic carbocycles. The zero-order valence-electron chi connectivity index (χ0n) is 10.5. The topological polar surface area (TPSA) is 32.3 Å². The van der Waals surface area contributed by atoms with Crippen LogP contribution in [-0.2, 0) is 4.79 Å². The smallest absolute Gasteiger partial charge is 0.226 e. The molecule has 2 fully saturated rings. The average Bonchev–Trinajstić information content (AvgIpc) is 3.04. The first-order chi connectivity index (χ1) is 7.74. The Hall–Kier alpha value is -0.570. The van der Waals surface area contributed by atoms with Gasteiger partial charge in [-0.05, 0) is 38.1 Å². The Labute approximate surface area is 98.6 Å². The van der Waals surface area contributed by atoms with Crippen LogP contribution < -0.4 is 5.32 Å². The number of piperidine rings is 1. The molecule has 1 N–H and O–H groups in total. The highest BCUT2D eigenvalue weighted by Crippen LogP contribution is 2.39. The summed E-state index contributed by atoms with van der Waals surface area (Å²) < 4.78 is 0. The average molecular weight is 224 g/mol. The van der Waals surface area contributed by atoms with Crippen molar-refractivity contribution in [2.24, 2.45) is 11.8 Å². The third kappa shape index (κ3) is 2.57. The molecule has 1 saturated heterocycles. The lowest BCUT2D eigenvalue weighted by Crippen LogP contribution is -2.49. The number of rotatable bonds is 4. The van der Waals surface area contributed by atoms with E-state index in [1.807, 2.05) is 0 Å². The van der Waals surface area contributed by atoms with Crippen molar-refractivity contribution in [3.05, 3.63) is 0 Å². The summed E-state index contributed by atoms with van der Waals surface area (Å²) in [6.07, 6.45) is 4.57. The number of amides is 1. The minimum absolute atomic E-state index is 0.341. The van der Waals surface area contributed by atoms with Gasteiger partial charge in [0.05, 0.1) is 0 Å². The summed E-state index contributed by atoms with van der Waals surface area (Å²) in [6.45, 7) is 7.39. The van der Waals surface area contributed by atoms with Crippen LogP contribution in [0.2, 0.25) is 0 Å². The van der Waals surface area contributed by atoms with Gasteiger partial charge >= 0.3 is 0 Å². The van der Waals surface area contributed by atoms with Gasteiger partial charge in [-0.2, -0.15) is 0 Å². The monoisotopic (exact) mass is 224 g/mol. The largest absolute Gasteiger partial charge is 0.338 e. The Bertz CT molecular complexity index is 248. The van der Waals surface area contributed by atoms with Gasteiger partial charge in [-0.3, -0.25) is 4.79 Å². The van der Waals surface area contributed by atoms with E-state index in [9.17, 15) is 4.79 Å². The minimum Gasteiger partial charge on any atom is -0.338 e. The maximum Gasteiger partial charge on any atom is 0.226 e. The highest BCUT2D eigenvalue weighted by Gasteiger charge is 2.42. The molecule has 1 amide bonds. The third-order valence-electron chi connectivity index (χ3n) is 3.89. The standard InChI is InChI=1S/C13H24N2O/c1-3-7-15(11-5-4-6-14-9-11)13(16)12-8-10(12)2/h10-12,14H,3-9H2,1-2H3. The molecule has 0 spiro atoms. The van der Waals surface area contributed by atoms with E-state index < -0.39 is 0 Å². The maximum absolute atomic E-state index is 12.3. The molecule has 3 atom stereocenters. The second-order valence-corrected chi connectivity index (χ2v) is 5.35. The molecule has 16 heavy (non-hydrogen) atoms. The second kappa shape index (κ2) is 5.17. The zero-order valence-corrected chi connectivity index (χ0v) is 10.5. The van der Waals surface area contributed by atoms with E-state index in [4.69, 9.17) is 0 Å². The van der Waals surface area contributed by atoms with Crippen molar-refractivity contribution in [1.82, 2.24) is 10.2 Å². The first-order valence-corrected chi connectivity index (χ1v) is 6.75. The van der Waals surface area contributed by atoms with Crippen LogP contribution in [0, 0.1) is 11.8 Å². The van der Waals surface area contributed by atoms with Crippen molar-refractivity contribution < 1.29 is 4.79 Å². The Morgan fingerprint density at radius 3 is 2.75 bits per heavy atom. The lowest BCUT2D eigenvalue weighted by atomic mass is 10.0. The van der Waals surface area contributed by atoms with E-state index in [2.05, 4.69) is 24.1 Å². The molecule has 0 radical (unpaired) electrons. The lowest BCUT2D eigenvalue weighted by Gasteiger charge is -2.35. The van der Waals surface area contributed by atoms with Crippen molar-refractivity contribution in [3.63, 3.8) is 0 Å². The number of nitrogens with zero attached hydrogens (tertiary/aromatic N) is 1. The van der Waals surface area contributed by atoms with Crippen molar-refractivity contribution in [2.45, 2.75) is 45.6 Å². The van der Waals surface area contributed by atoms with Crippen molar-refractivity contribution in [3.8, 4) is 0 Å². The van der Waals surface area contributed by atoms with Crippen LogP contribution in [0.1, 0.15) is 39.5 Å². The minimum atomic E-state index is 0.341. The van der Waals surface area contributed by atoms with Crippen LogP contribution in [0.15, 0.2) is 0 Å². The first kappa shape index (κ1) is 11.9. The predicted molar refractivity (Wildman–Crippen MR) is 65.2 cm³/mol. The Morgan fingerprint density at radius 1 is 1.50 bits per heavy atom. The number of hydrogen-bond acceptors (Lipinski definition) is 2. The van der Waals surface area contributed by atoms with Crippen molar-refractivity contribution in [1.29, 1.82) is 0 Å². The molecule has 3 heteroatoms. The van der Waals surface area contributed by atoms with Gasteiger partial charge in [0, 0.05) is 25.0 Å². The summed E-state index contributed by atoms with van der Waals surface area (Å²) in [5.41, 5.74) is 0. The Kier molecular flexibility index (Phi) is 3.85. The molecule has 3 unspecified atom stereocenters. The highest BCUT2D eigenvalue weighted by molar-refractivity contribution is 5.82. The zero-order chi connectivity index (χ0) is 11.5. The first-order valence-electron chi connectivity index (χ1n) is 6.75. The second-order valence-electron chi connectivity index (χ2n) is 5.35. The van der Waals surface area contributed by atoms with E-state index in [1.54, 1.807) is 0 Å². The fraction of sp³-hybridized carbons (Fsp3) is 0.923. The molecule has 2 rings (SSSR count). The lowest BCUT2D eigenvalue weighted by molar-refractivity contribution is -0.135. The van der Waals surface area contributed by atoms with Gasteiger partial charge in [-0.1, -0.05) is 13.8 Å². The molecular formula is C13H24N2O. The van der Waals surface area contributed by atoms with Crippen LogP contribution in [0.25, 0.3) is 0 Å². The highest BCUT2D eigenvalue weighted by atomic mass is 16.2. The maximum atomic E-state index is 12.3. The van der Waals surface area contributed by atoms with E-state index in [0.717, 1.165) is 32.5 Å². The molecule has 2 aliphatic rings. The summed E-state index contributed by atoms with van der Waals surface area (Å²) in [4.78, 5) is 14.5. The van der Waals surface area contributed by atoms with Crippen LogP contribution in [-0.4, -0.2) is 36.5 Å². The van der Waals surface area contributed by atoms with Gasteiger partial charge in [0.25, 0.3) is 0 Å². The summed E-state index contributed by atoms with van der Waals surface area (Å²) >= 11 is 0. The molecule has 0 bridgehead atoms. The number of hydrogen-bond donors (Lipinski definition) is 1. The molecule has 1 saturated carbocycles. The van der Waals surface area contributed by atoms with Gasteiger partial charge in [-0.15, -0.1) is 0 Å². The van der Waals surface area contributed by atoms with E-state index in [0.29, 0.717) is 23.8 Å². The predicted octanol–water partition coefficient (Wildman–Crippen LogP) is 1.63. The fourth-order valence-electron chi connectivity index (χ4n) is 2.69. The van der Waals surface area contributed by atoms with E-state index in [-0.39, 0.29) is 0 Å². The van der Waals surface area contributed by atoms with Gasteiger partial charge in [-0.25, -0.2) is 0 Å². The van der Waals surface area contributed by atoms with Gasteiger partial charge in [0.15, 0.2) is 0 Å². The van der Waals surface area contributed by atoms with E-state index in [1.165, 1.54) is 12.8 Å². The molecule has 0 aromatic rings. The molecular weight excluding hydrogens is 200 g/mol. The molecule has 92 valence electrons. The van der Waals surface area contributed by atoms with Crippen molar-refractivity contribution >= 4 is 5.91 Å². The normalized spacial score (nSPS) is 33.5. The Morgan fingerprint density at radius 2 is 2.25 bits per heavy atom. The summed E-state index contributed by atoms with van der Waals surface area (Å²) in [5.74, 6) is 1.39. The van der Waals surface area contributed by atoms with Gasteiger partial charge in [0.2, 0.25) is 5.91 Å². The summed E-state index contributed by atoms with van der Waals surface area (Å²) in [5, 5.41) is 3.41. The number of carbonyl (C=O) groups is 1. The third-order valence-corrected chi connectivity index (χ3v) is 3.89. The molecule has 0 aromatic carbocycles. The SMILES string of the molecule is CCCN(C(=O)C1CC1C)C1CCCNC1. The fourth-order valence-corrected chi connectivity index (χ4v) is 2.69. The van der Waals surface area contributed by atoms with Gasteiger partial charge < -0.3 is 10.2 Å². The van der Waals surface area contributed by atoms with Gasteiger partial charge in [0.1, 0.15) is 0 Å². The number of nitrogens with one attached hydrogen (secondary N) is 1. The van der Waals surface area contributed by atoms with Crippen LogP contribution >= 0.6 is 0 Å². The molecule has 0 aromatic heterocycles. The van der Waals surface area contributed by atoms with Crippen molar-refractivity contribution in [2.75, 3.05) is 19.6 Å². The Balaban J connectivity index is 1.94. The molecule has 1 heterocycles. The summed E-state index contributed by atoms with van der Waals surface area (Å²) in [7, 11) is 0. The van der Waals surface area contributed by atoms with Crippen LogP contribution in [0.4, 0.5) is 0 Å². The van der Waals surface area contributed by atoms with Crippen LogP contribution in [0.5, 0.6) is 0 Å². The molecule has 1 aliphatic heterocycles. The van der Waals surface area contributed by atoms with E-state index >= 15 is 0 Å². The quantitative estimate of drug-likeness (QED) is 0.787. The summed E-state index contributed by atoms with van der Waals surface area (Å²) in [6, 6.07) is 0.453. The molecule has 3 nitrogen and oxygen atoms in total.